The number of rotatable bonds is 2. The Morgan fingerprint density at radius 3 is 2.05 bits per heavy atom. The molecular weight excluding hydrogens is 255 g/mol. The van der Waals surface area contributed by atoms with Gasteiger partial charge < -0.3 is 9.64 Å². The van der Waals surface area contributed by atoms with Crippen LogP contribution in [0.2, 0.25) is 0 Å². The number of nitrogens with zero attached hydrogens (tertiary/aromatic N) is 1. The van der Waals surface area contributed by atoms with Crippen molar-refractivity contribution < 1.29 is 17.9 Å². The first-order valence-corrected chi connectivity index (χ1v) is 6.44. The number of halogens is 3. The van der Waals surface area contributed by atoms with Crippen molar-refractivity contribution in [2.45, 2.75) is 26.6 Å². The summed E-state index contributed by atoms with van der Waals surface area (Å²) in [5.74, 6) is 1.04. The first kappa shape index (κ1) is 14.0. The SMILES string of the molecule is CC1CC(C)CN(c2ccc(OC(F)(F)F)cc2)C1. The molecule has 0 bridgehead atoms. The molecule has 0 aliphatic carbocycles. The zero-order valence-electron chi connectivity index (χ0n) is 11.1. The molecule has 1 aliphatic rings. The highest BCUT2D eigenvalue weighted by molar-refractivity contribution is 5.49. The molecule has 1 heterocycles. The third-order valence-electron chi connectivity index (χ3n) is 3.30. The molecule has 1 aromatic carbocycles. The molecule has 0 saturated carbocycles. The van der Waals surface area contributed by atoms with Gasteiger partial charge in [0.1, 0.15) is 5.75 Å². The normalized spacial score (nSPS) is 24.4. The summed E-state index contributed by atoms with van der Waals surface area (Å²) in [6.07, 6.45) is -3.43. The predicted molar refractivity (Wildman–Crippen MR) is 68.3 cm³/mol. The Morgan fingerprint density at radius 1 is 1.05 bits per heavy atom. The van der Waals surface area contributed by atoms with Gasteiger partial charge in [0.15, 0.2) is 0 Å². The third-order valence-corrected chi connectivity index (χ3v) is 3.30. The van der Waals surface area contributed by atoms with Crippen molar-refractivity contribution in [1.82, 2.24) is 0 Å². The average molecular weight is 273 g/mol. The van der Waals surface area contributed by atoms with E-state index in [9.17, 15) is 13.2 Å². The zero-order chi connectivity index (χ0) is 14.0. The summed E-state index contributed by atoms with van der Waals surface area (Å²) in [6.45, 7) is 6.29. The van der Waals surface area contributed by atoms with Crippen molar-refractivity contribution in [2.24, 2.45) is 11.8 Å². The molecule has 2 rings (SSSR count). The summed E-state index contributed by atoms with van der Waals surface area (Å²) >= 11 is 0. The second kappa shape index (κ2) is 5.31. The van der Waals surface area contributed by atoms with Gasteiger partial charge in [0.05, 0.1) is 0 Å². The minimum absolute atomic E-state index is 0.172. The average Bonchev–Trinajstić information content (AvgIpc) is 2.26. The van der Waals surface area contributed by atoms with Crippen LogP contribution < -0.4 is 9.64 Å². The van der Waals surface area contributed by atoms with Crippen LogP contribution >= 0.6 is 0 Å². The Kier molecular flexibility index (Phi) is 3.92. The topological polar surface area (TPSA) is 12.5 Å². The lowest BCUT2D eigenvalue weighted by Crippen LogP contribution is -2.38. The Balaban J connectivity index is 2.05. The molecule has 19 heavy (non-hydrogen) atoms. The second-order valence-electron chi connectivity index (χ2n) is 5.39. The van der Waals surface area contributed by atoms with Crippen molar-refractivity contribution in [3.8, 4) is 5.75 Å². The van der Waals surface area contributed by atoms with Crippen LogP contribution in [-0.4, -0.2) is 19.5 Å². The van der Waals surface area contributed by atoms with Gasteiger partial charge in [-0.05, 0) is 42.5 Å². The van der Waals surface area contributed by atoms with E-state index in [1.54, 1.807) is 12.1 Å². The fourth-order valence-electron chi connectivity index (χ4n) is 2.73. The molecule has 0 radical (unpaired) electrons. The van der Waals surface area contributed by atoms with Crippen LogP contribution in [0.3, 0.4) is 0 Å². The minimum Gasteiger partial charge on any atom is -0.406 e. The highest BCUT2D eigenvalue weighted by Gasteiger charge is 2.31. The lowest BCUT2D eigenvalue weighted by atomic mass is 9.91. The monoisotopic (exact) mass is 273 g/mol. The summed E-state index contributed by atoms with van der Waals surface area (Å²) < 4.78 is 40.1. The van der Waals surface area contributed by atoms with Crippen molar-refractivity contribution in [2.75, 3.05) is 18.0 Å². The number of alkyl halides is 3. The molecule has 1 fully saturated rings. The molecule has 1 aromatic rings. The molecule has 1 aliphatic heterocycles. The van der Waals surface area contributed by atoms with Gasteiger partial charge in [0, 0.05) is 18.8 Å². The second-order valence-corrected chi connectivity index (χ2v) is 5.39. The molecule has 0 aromatic heterocycles. The van der Waals surface area contributed by atoms with Crippen molar-refractivity contribution in [3.63, 3.8) is 0 Å². The standard InChI is InChI=1S/C14H18F3NO/c1-10-7-11(2)9-18(8-10)12-3-5-13(6-4-12)19-14(15,16)17/h3-6,10-11H,7-9H2,1-2H3. The third kappa shape index (κ3) is 4.04. The van der Waals surface area contributed by atoms with E-state index in [0.29, 0.717) is 11.8 Å². The lowest BCUT2D eigenvalue weighted by molar-refractivity contribution is -0.274. The Morgan fingerprint density at radius 2 is 1.58 bits per heavy atom. The van der Waals surface area contributed by atoms with E-state index in [-0.39, 0.29) is 5.75 Å². The quantitative estimate of drug-likeness (QED) is 0.805. The molecular formula is C14H18F3NO. The van der Waals surface area contributed by atoms with Gasteiger partial charge in [0.25, 0.3) is 0 Å². The van der Waals surface area contributed by atoms with Crippen molar-refractivity contribution in [1.29, 1.82) is 0 Å². The molecule has 2 unspecified atom stereocenters. The zero-order valence-corrected chi connectivity index (χ0v) is 11.1. The number of piperidine rings is 1. The largest absolute Gasteiger partial charge is 0.573 e. The molecule has 2 atom stereocenters. The Hall–Kier alpha value is -1.39. The van der Waals surface area contributed by atoms with E-state index in [4.69, 9.17) is 0 Å². The number of ether oxygens (including phenoxy) is 1. The van der Waals surface area contributed by atoms with Gasteiger partial charge in [-0.1, -0.05) is 13.8 Å². The van der Waals surface area contributed by atoms with E-state index in [0.717, 1.165) is 18.8 Å². The minimum atomic E-state index is -4.63. The number of hydrogen-bond donors (Lipinski definition) is 0. The Labute approximate surface area is 111 Å². The molecule has 0 N–H and O–H groups in total. The maximum atomic E-state index is 12.1. The van der Waals surface area contributed by atoms with Crippen LogP contribution in [0.25, 0.3) is 0 Å². The molecule has 1 saturated heterocycles. The van der Waals surface area contributed by atoms with Crippen LogP contribution in [0.5, 0.6) is 5.75 Å². The fraction of sp³-hybridized carbons (Fsp3) is 0.571. The van der Waals surface area contributed by atoms with Gasteiger partial charge in [-0.3, -0.25) is 0 Å². The first-order valence-electron chi connectivity index (χ1n) is 6.44. The summed E-state index contributed by atoms with van der Waals surface area (Å²) in [6, 6.07) is 6.11. The summed E-state index contributed by atoms with van der Waals surface area (Å²) in [7, 11) is 0. The highest BCUT2D eigenvalue weighted by atomic mass is 19.4. The van der Waals surface area contributed by atoms with Gasteiger partial charge in [-0.15, -0.1) is 13.2 Å². The number of benzene rings is 1. The molecule has 0 amide bonds. The van der Waals surface area contributed by atoms with E-state index in [2.05, 4.69) is 23.5 Å². The van der Waals surface area contributed by atoms with E-state index >= 15 is 0 Å². The molecule has 2 nitrogen and oxygen atoms in total. The van der Waals surface area contributed by atoms with Gasteiger partial charge in [0.2, 0.25) is 0 Å². The maximum absolute atomic E-state index is 12.1. The fourth-order valence-corrected chi connectivity index (χ4v) is 2.73. The predicted octanol–water partition coefficient (Wildman–Crippen LogP) is 4.07. The van der Waals surface area contributed by atoms with Crippen LogP contribution in [0.1, 0.15) is 20.3 Å². The maximum Gasteiger partial charge on any atom is 0.573 e. The summed E-state index contributed by atoms with van der Waals surface area (Å²) in [4.78, 5) is 2.22. The summed E-state index contributed by atoms with van der Waals surface area (Å²) in [5.41, 5.74) is 0.952. The molecule has 5 heteroatoms. The smallest absolute Gasteiger partial charge is 0.406 e. The lowest BCUT2D eigenvalue weighted by Gasteiger charge is -2.36. The first-order chi connectivity index (χ1) is 8.83. The van der Waals surface area contributed by atoms with Crippen molar-refractivity contribution >= 4 is 5.69 Å². The van der Waals surface area contributed by atoms with E-state index in [1.807, 2.05) is 0 Å². The highest BCUT2D eigenvalue weighted by Crippen LogP contribution is 2.29. The van der Waals surface area contributed by atoms with E-state index < -0.39 is 6.36 Å². The van der Waals surface area contributed by atoms with Crippen LogP contribution in [0, 0.1) is 11.8 Å². The van der Waals surface area contributed by atoms with Gasteiger partial charge >= 0.3 is 6.36 Å². The Bertz CT molecular complexity index is 406. The van der Waals surface area contributed by atoms with E-state index in [1.165, 1.54) is 18.6 Å². The van der Waals surface area contributed by atoms with Gasteiger partial charge in [-0.2, -0.15) is 0 Å². The van der Waals surface area contributed by atoms with Crippen LogP contribution in [-0.2, 0) is 0 Å². The number of anilines is 1. The summed E-state index contributed by atoms with van der Waals surface area (Å²) in [5, 5.41) is 0. The van der Waals surface area contributed by atoms with Gasteiger partial charge in [-0.25, -0.2) is 0 Å². The van der Waals surface area contributed by atoms with Crippen LogP contribution in [0.4, 0.5) is 18.9 Å². The molecule has 106 valence electrons. The molecule has 0 spiro atoms. The van der Waals surface area contributed by atoms with Crippen LogP contribution in [0.15, 0.2) is 24.3 Å². The number of hydrogen-bond acceptors (Lipinski definition) is 2. The van der Waals surface area contributed by atoms with Crippen molar-refractivity contribution in [3.05, 3.63) is 24.3 Å².